The molecule has 0 saturated heterocycles. The Balaban J connectivity index is 2.06. The zero-order valence-corrected chi connectivity index (χ0v) is 15.1. The molecule has 0 fully saturated rings. The third kappa shape index (κ3) is 5.26. The van der Waals surface area contributed by atoms with Gasteiger partial charge in [-0.1, -0.05) is 44.2 Å². The summed E-state index contributed by atoms with van der Waals surface area (Å²) >= 11 is 0. The van der Waals surface area contributed by atoms with Gasteiger partial charge in [-0.25, -0.2) is 4.68 Å². The van der Waals surface area contributed by atoms with Gasteiger partial charge in [0.2, 0.25) is 5.91 Å². The van der Waals surface area contributed by atoms with E-state index in [0.717, 1.165) is 12.0 Å². The van der Waals surface area contributed by atoms with Gasteiger partial charge in [0.25, 0.3) is 5.56 Å². The Hall–Kier alpha value is -2.47. The van der Waals surface area contributed by atoms with Gasteiger partial charge in [0.1, 0.15) is 6.54 Å². The number of carbonyl (C=O) groups excluding carboxylic acids is 1. The van der Waals surface area contributed by atoms with Crippen molar-refractivity contribution in [2.24, 2.45) is 11.7 Å². The Labute approximate surface area is 148 Å². The smallest absolute Gasteiger partial charge is 0.267 e. The fourth-order valence-corrected chi connectivity index (χ4v) is 2.37. The fraction of sp³-hybridized carbons (Fsp3) is 0.421. The molecule has 2 N–H and O–H groups in total. The van der Waals surface area contributed by atoms with Crippen molar-refractivity contribution >= 4 is 5.91 Å². The molecule has 1 amide bonds. The lowest BCUT2D eigenvalue weighted by Gasteiger charge is -2.21. The van der Waals surface area contributed by atoms with E-state index in [0.29, 0.717) is 18.2 Å². The summed E-state index contributed by atoms with van der Waals surface area (Å²) in [5.74, 6) is 0.214. The number of hydrogen-bond donors (Lipinski definition) is 1. The highest BCUT2D eigenvalue weighted by Crippen LogP contribution is 2.14. The highest BCUT2D eigenvalue weighted by atomic mass is 16.2. The second-order valence-electron chi connectivity index (χ2n) is 6.59. The van der Waals surface area contributed by atoms with Crippen LogP contribution in [0.25, 0.3) is 11.3 Å². The maximum atomic E-state index is 12.4. The molecule has 0 spiro atoms. The average molecular weight is 342 g/mol. The van der Waals surface area contributed by atoms with Crippen molar-refractivity contribution in [1.82, 2.24) is 14.7 Å². The first kappa shape index (κ1) is 18.9. The molecule has 2 aromatic rings. The molecule has 0 aliphatic carbocycles. The quantitative estimate of drug-likeness (QED) is 0.831. The molecular weight excluding hydrogens is 316 g/mol. The lowest BCUT2D eigenvalue weighted by atomic mass is 10.0. The molecule has 1 heterocycles. The van der Waals surface area contributed by atoms with Crippen molar-refractivity contribution in [2.75, 3.05) is 13.6 Å². The van der Waals surface area contributed by atoms with Crippen LogP contribution < -0.4 is 11.3 Å². The summed E-state index contributed by atoms with van der Waals surface area (Å²) in [5, 5.41) is 4.32. The molecule has 6 heteroatoms. The Morgan fingerprint density at radius 3 is 2.52 bits per heavy atom. The maximum absolute atomic E-state index is 12.4. The number of aromatic nitrogens is 2. The largest absolute Gasteiger partial charge is 0.344 e. The summed E-state index contributed by atoms with van der Waals surface area (Å²) in [5.41, 5.74) is 7.30. The summed E-state index contributed by atoms with van der Waals surface area (Å²) < 4.78 is 1.21. The molecule has 25 heavy (non-hydrogen) atoms. The lowest BCUT2D eigenvalue weighted by Crippen LogP contribution is -2.38. The summed E-state index contributed by atoms with van der Waals surface area (Å²) in [6.45, 7) is 4.61. The molecular formula is C19H26N4O2. The first-order valence-corrected chi connectivity index (χ1v) is 8.51. The third-order valence-corrected chi connectivity index (χ3v) is 4.30. The number of carbonyl (C=O) groups is 1. The molecule has 0 bridgehead atoms. The van der Waals surface area contributed by atoms with Crippen molar-refractivity contribution in [3.05, 3.63) is 52.8 Å². The van der Waals surface area contributed by atoms with E-state index in [9.17, 15) is 9.59 Å². The Kier molecular flexibility index (Phi) is 6.47. The van der Waals surface area contributed by atoms with Gasteiger partial charge in [-0.3, -0.25) is 9.59 Å². The van der Waals surface area contributed by atoms with Gasteiger partial charge in [-0.15, -0.1) is 0 Å². The highest BCUT2D eigenvalue weighted by Gasteiger charge is 2.14. The summed E-state index contributed by atoms with van der Waals surface area (Å²) in [7, 11) is 1.72. The molecule has 0 radical (unpaired) electrons. The minimum atomic E-state index is -0.291. The van der Waals surface area contributed by atoms with E-state index < -0.39 is 0 Å². The summed E-state index contributed by atoms with van der Waals surface area (Å²) in [6, 6.07) is 12.7. The molecule has 2 rings (SSSR count). The van der Waals surface area contributed by atoms with Crippen LogP contribution in [0.15, 0.2) is 47.3 Å². The van der Waals surface area contributed by atoms with Crippen LogP contribution in [0.3, 0.4) is 0 Å². The van der Waals surface area contributed by atoms with Crippen LogP contribution in [0.2, 0.25) is 0 Å². The molecule has 0 aliphatic heterocycles. The summed E-state index contributed by atoms with van der Waals surface area (Å²) in [4.78, 5) is 26.0. The van der Waals surface area contributed by atoms with Crippen molar-refractivity contribution in [1.29, 1.82) is 0 Å². The maximum Gasteiger partial charge on any atom is 0.267 e. The Bertz CT molecular complexity index is 756. The van der Waals surface area contributed by atoms with Crippen LogP contribution in [0.5, 0.6) is 0 Å². The molecule has 6 nitrogen and oxygen atoms in total. The molecule has 1 atom stereocenters. The van der Waals surface area contributed by atoms with Gasteiger partial charge in [-0.05, 0) is 18.4 Å². The number of benzene rings is 1. The SMILES string of the molecule is CC(C)C(N)CCN(C)C(=O)Cn1nc(-c2ccccc2)ccc1=O. The van der Waals surface area contributed by atoms with E-state index in [1.54, 1.807) is 18.0 Å². The first-order chi connectivity index (χ1) is 11.9. The topological polar surface area (TPSA) is 81.2 Å². The van der Waals surface area contributed by atoms with Crippen molar-refractivity contribution in [3.63, 3.8) is 0 Å². The highest BCUT2D eigenvalue weighted by molar-refractivity contribution is 5.75. The van der Waals surface area contributed by atoms with Crippen LogP contribution >= 0.6 is 0 Å². The molecule has 1 unspecified atom stereocenters. The molecule has 134 valence electrons. The standard InChI is InChI=1S/C19H26N4O2/c1-14(2)16(20)11-12-22(3)19(25)13-23-18(24)10-9-17(21-23)15-7-5-4-6-8-15/h4-10,14,16H,11-13,20H2,1-3H3. The van der Waals surface area contributed by atoms with Crippen LogP contribution in [-0.4, -0.2) is 40.2 Å². The molecule has 0 aliphatic rings. The minimum absolute atomic E-state index is 0.0532. The normalized spacial score (nSPS) is 12.2. The number of nitrogens with two attached hydrogens (primary N) is 1. The van der Waals surface area contributed by atoms with Gasteiger partial charge >= 0.3 is 0 Å². The molecule has 1 aromatic heterocycles. The molecule has 1 aromatic carbocycles. The van der Waals surface area contributed by atoms with E-state index in [4.69, 9.17) is 5.73 Å². The number of amides is 1. The Morgan fingerprint density at radius 2 is 1.88 bits per heavy atom. The number of nitrogens with zero attached hydrogens (tertiary/aromatic N) is 3. The van der Waals surface area contributed by atoms with Gasteiger partial charge < -0.3 is 10.6 Å². The van der Waals surface area contributed by atoms with Crippen LogP contribution in [0, 0.1) is 5.92 Å². The van der Waals surface area contributed by atoms with Gasteiger partial charge in [0, 0.05) is 31.3 Å². The van der Waals surface area contributed by atoms with Crippen LogP contribution in [0.1, 0.15) is 20.3 Å². The zero-order chi connectivity index (χ0) is 18.4. The van der Waals surface area contributed by atoms with Crippen molar-refractivity contribution < 1.29 is 4.79 Å². The fourth-order valence-electron chi connectivity index (χ4n) is 2.37. The second kappa shape index (κ2) is 8.58. The first-order valence-electron chi connectivity index (χ1n) is 8.51. The number of hydrogen-bond acceptors (Lipinski definition) is 4. The van der Waals surface area contributed by atoms with Crippen LogP contribution in [-0.2, 0) is 11.3 Å². The third-order valence-electron chi connectivity index (χ3n) is 4.30. The number of likely N-dealkylation sites (N-methyl/N-ethyl adjacent to an activating group) is 1. The minimum Gasteiger partial charge on any atom is -0.344 e. The molecule has 0 saturated carbocycles. The van der Waals surface area contributed by atoms with Gasteiger partial charge in [0.15, 0.2) is 0 Å². The Morgan fingerprint density at radius 1 is 1.20 bits per heavy atom. The van der Waals surface area contributed by atoms with Gasteiger partial charge in [-0.2, -0.15) is 5.10 Å². The van der Waals surface area contributed by atoms with Crippen LogP contribution in [0.4, 0.5) is 0 Å². The predicted molar refractivity (Wildman–Crippen MR) is 99.0 cm³/mol. The predicted octanol–water partition coefficient (Wildman–Crippen LogP) is 1.74. The van der Waals surface area contributed by atoms with E-state index in [1.165, 1.54) is 10.7 Å². The zero-order valence-electron chi connectivity index (χ0n) is 15.1. The van der Waals surface area contributed by atoms with Crippen molar-refractivity contribution in [2.45, 2.75) is 32.9 Å². The van der Waals surface area contributed by atoms with E-state index in [1.807, 2.05) is 30.3 Å². The number of rotatable bonds is 7. The lowest BCUT2D eigenvalue weighted by molar-refractivity contribution is -0.130. The van der Waals surface area contributed by atoms with E-state index >= 15 is 0 Å². The van der Waals surface area contributed by atoms with E-state index in [2.05, 4.69) is 18.9 Å². The van der Waals surface area contributed by atoms with Gasteiger partial charge in [0.05, 0.1) is 5.69 Å². The summed E-state index contributed by atoms with van der Waals surface area (Å²) in [6.07, 6.45) is 0.728. The van der Waals surface area contributed by atoms with E-state index in [-0.39, 0.29) is 24.1 Å². The van der Waals surface area contributed by atoms with Crippen molar-refractivity contribution in [3.8, 4) is 11.3 Å². The average Bonchev–Trinajstić information content (AvgIpc) is 2.61. The second-order valence-corrected chi connectivity index (χ2v) is 6.59. The monoisotopic (exact) mass is 342 g/mol.